The third-order valence-electron chi connectivity index (χ3n) is 1.77. The summed E-state index contributed by atoms with van der Waals surface area (Å²) in [5.74, 6) is -2.02. The molecule has 16 heavy (non-hydrogen) atoms. The second kappa shape index (κ2) is 5.42. The molecule has 0 aliphatic heterocycles. The predicted molar refractivity (Wildman–Crippen MR) is 70.2 cm³/mol. The molecule has 0 spiro atoms. The van der Waals surface area contributed by atoms with Gasteiger partial charge in [0, 0.05) is 4.47 Å². The second-order valence-corrected chi connectivity index (χ2v) is 5.40. The Morgan fingerprint density at radius 3 is 2.44 bits per heavy atom. The number of carbonyl (C=O) groups excluding carboxylic acids is 1. The van der Waals surface area contributed by atoms with E-state index < -0.39 is 11.8 Å². The van der Waals surface area contributed by atoms with Gasteiger partial charge < -0.3 is 4.74 Å². The third kappa shape index (κ3) is 2.93. The first-order valence-electron chi connectivity index (χ1n) is 4.05. The smallest absolute Gasteiger partial charge is 0.372 e. The van der Waals surface area contributed by atoms with Crippen LogP contribution in [0.4, 0.5) is 4.39 Å². The third-order valence-corrected chi connectivity index (χ3v) is 4.14. The van der Waals surface area contributed by atoms with Crippen LogP contribution in [-0.2, 0) is 4.79 Å². The maximum absolute atomic E-state index is 12.5. The highest BCUT2D eigenvalue weighted by Crippen LogP contribution is 2.40. The Morgan fingerprint density at radius 2 is 1.94 bits per heavy atom. The molecule has 0 aromatic heterocycles. The summed E-state index contributed by atoms with van der Waals surface area (Å²) in [5, 5.41) is 0. The van der Waals surface area contributed by atoms with E-state index in [1.807, 2.05) is 6.92 Å². The van der Waals surface area contributed by atoms with Gasteiger partial charge in [0.15, 0.2) is 5.75 Å². The summed E-state index contributed by atoms with van der Waals surface area (Å²) in [4.78, 5) is 11.1. The summed E-state index contributed by atoms with van der Waals surface area (Å²) in [6.07, 6.45) is 0. The number of benzene rings is 1. The van der Waals surface area contributed by atoms with Gasteiger partial charge in [-0.25, -0.2) is 4.79 Å². The average molecular weight is 417 g/mol. The minimum Gasteiger partial charge on any atom is -0.419 e. The van der Waals surface area contributed by atoms with Gasteiger partial charge in [-0.15, -0.1) is 0 Å². The fourth-order valence-corrected chi connectivity index (χ4v) is 3.19. The maximum Gasteiger partial charge on any atom is 0.372 e. The van der Waals surface area contributed by atoms with Crippen molar-refractivity contribution in [3.8, 4) is 5.75 Å². The highest BCUT2D eigenvalue weighted by molar-refractivity contribution is 9.11. The van der Waals surface area contributed by atoms with Crippen LogP contribution < -0.4 is 4.74 Å². The lowest BCUT2D eigenvalue weighted by Gasteiger charge is -2.11. The highest BCUT2D eigenvalue weighted by atomic mass is 79.9. The maximum atomic E-state index is 12.5. The topological polar surface area (TPSA) is 26.3 Å². The van der Waals surface area contributed by atoms with Crippen molar-refractivity contribution >= 4 is 53.8 Å². The lowest BCUT2D eigenvalue weighted by molar-refractivity contribution is -0.131. The molecule has 0 aliphatic carbocycles. The zero-order valence-corrected chi connectivity index (χ0v) is 12.9. The van der Waals surface area contributed by atoms with Crippen LogP contribution >= 0.6 is 47.8 Å². The Labute approximate surface area is 117 Å². The van der Waals surface area contributed by atoms with Gasteiger partial charge in [0.1, 0.15) is 0 Å². The van der Waals surface area contributed by atoms with Gasteiger partial charge in [-0.05, 0) is 50.4 Å². The molecule has 0 fully saturated rings. The molecule has 0 N–H and O–H groups in total. The van der Waals surface area contributed by atoms with Gasteiger partial charge >= 0.3 is 5.97 Å². The quantitative estimate of drug-likeness (QED) is 0.398. The first-order chi connectivity index (χ1) is 7.34. The Kier molecular flexibility index (Phi) is 4.70. The summed E-state index contributed by atoms with van der Waals surface area (Å²) in [7, 11) is 0. The number of hydrogen-bond donors (Lipinski definition) is 0. The van der Waals surface area contributed by atoms with Gasteiger partial charge in [-0.1, -0.05) is 22.5 Å². The van der Waals surface area contributed by atoms with Crippen molar-refractivity contribution in [3.05, 3.63) is 37.5 Å². The summed E-state index contributed by atoms with van der Waals surface area (Å²) in [6.45, 7) is 4.69. The van der Waals surface area contributed by atoms with Crippen LogP contribution in [0.25, 0.3) is 0 Å². The summed E-state index contributed by atoms with van der Waals surface area (Å²) in [5.41, 5.74) is 0.843. The molecule has 0 bridgehead atoms. The molecule has 2 nitrogen and oxygen atoms in total. The number of esters is 1. The van der Waals surface area contributed by atoms with E-state index in [4.69, 9.17) is 4.74 Å². The lowest BCUT2D eigenvalue weighted by atomic mass is 10.2. The van der Waals surface area contributed by atoms with E-state index in [1.54, 1.807) is 6.07 Å². The molecule has 86 valence electrons. The fourth-order valence-electron chi connectivity index (χ4n) is 0.907. The van der Waals surface area contributed by atoms with Crippen molar-refractivity contribution in [1.82, 2.24) is 0 Å². The largest absolute Gasteiger partial charge is 0.419 e. The minimum atomic E-state index is -1.14. The number of carbonyl (C=O) groups is 1. The summed E-state index contributed by atoms with van der Waals surface area (Å²) in [6, 6.07) is 1.71. The molecule has 0 unspecified atom stereocenters. The summed E-state index contributed by atoms with van der Waals surface area (Å²) < 4.78 is 19.3. The Bertz CT molecular complexity index is 472. The van der Waals surface area contributed by atoms with E-state index in [0.29, 0.717) is 8.95 Å². The van der Waals surface area contributed by atoms with E-state index in [9.17, 15) is 9.18 Å². The fraction of sp³-hybridized carbons (Fsp3) is 0.100. The molecular weight excluding hydrogens is 411 g/mol. The number of rotatable bonds is 2. The Hall–Kier alpha value is -0.200. The Morgan fingerprint density at radius 1 is 1.38 bits per heavy atom. The van der Waals surface area contributed by atoms with Gasteiger partial charge in [-0.3, -0.25) is 0 Å². The van der Waals surface area contributed by atoms with E-state index in [2.05, 4.69) is 54.4 Å². The van der Waals surface area contributed by atoms with E-state index in [1.165, 1.54) is 0 Å². The van der Waals surface area contributed by atoms with Crippen LogP contribution in [0, 0.1) is 6.92 Å². The standard InChI is InChI=1S/C10H6Br3FO2/c1-4-6(11)3-7(12)9(8(4)13)16-10(15)5(2)14/h3H,2H2,1H3. The van der Waals surface area contributed by atoms with Crippen molar-refractivity contribution in [1.29, 1.82) is 0 Å². The van der Waals surface area contributed by atoms with E-state index in [0.717, 1.165) is 10.0 Å². The molecule has 0 amide bonds. The number of hydrogen-bond acceptors (Lipinski definition) is 2. The molecule has 0 heterocycles. The first kappa shape index (κ1) is 13.9. The Balaban J connectivity index is 3.19. The number of halogens is 4. The summed E-state index contributed by atoms with van der Waals surface area (Å²) >= 11 is 9.82. The number of ether oxygens (including phenoxy) is 1. The molecule has 0 aliphatic rings. The monoisotopic (exact) mass is 414 g/mol. The predicted octanol–water partition coefficient (Wildman–Crippen LogP) is 4.67. The molecule has 1 aromatic carbocycles. The zero-order valence-electron chi connectivity index (χ0n) is 8.11. The van der Waals surface area contributed by atoms with Gasteiger partial charge in [0.25, 0.3) is 0 Å². The van der Waals surface area contributed by atoms with Gasteiger partial charge in [0.2, 0.25) is 5.83 Å². The van der Waals surface area contributed by atoms with Gasteiger partial charge in [-0.2, -0.15) is 4.39 Å². The van der Waals surface area contributed by atoms with Crippen molar-refractivity contribution in [2.24, 2.45) is 0 Å². The van der Waals surface area contributed by atoms with E-state index >= 15 is 0 Å². The normalized spacial score (nSPS) is 10.1. The molecular formula is C10H6Br3FO2. The van der Waals surface area contributed by atoms with Crippen LogP contribution in [0.1, 0.15) is 5.56 Å². The first-order valence-corrected chi connectivity index (χ1v) is 6.43. The molecule has 0 saturated heterocycles. The average Bonchev–Trinajstić information content (AvgIpc) is 2.20. The SMILES string of the molecule is C=C(F)C(=O)Oc1c(Br)cc(Br)c(C)c1Br. The molecule has 6 heteroatoms. The molecule has 0 radical (unpaired) electrons. The minimum absolute atomic E-state index is 0.226. The van der Waals surface area contributed by atoms with Crippen molar-refractivity contribution in [2.75, 3.05) is 0 Å². The van der Waals surface area contributed by atoms with Crippen LogP contribution in [0.2, 0.25) is 0 Å². The van der Waals surface area contributed by atoms with Crippen molar-refractivity contribution in [2.45, 2.75) is 6.92 Å². The zero-order chi connectivity index (χ0) is 12.5. The van der Waals surface area contributed by atoms with Crippen LogP contribution in [0.3, 0.4) is 0 Å². The second-order valence-electron chi connectivity index (χ2n) is 2.90. The highest BCUT2D eigenvalue weighted by Gasteiger charge is 2.17. The van der Waals surface area contributed by atoms with Gasteiger partial charge in [0.05, 0.1) is 8.95 Å². The van der Waals surface area contributed by atoms with Crippen LogP contribution in [-0.4, -0.2) is 5.97 Å². The van der Waals surface area contributed by atoms with E-state index in [-0.39, 0.29) is 5.75 Å². The van der Waals surface area contributed by atoms with Crippen LogP contribution in [0.5, 0.6) is 5.75 Å². The molecule has 1 aromatic rings. The molecule has 1 rings (SSSR count). The molecule has 0 saturated carbocycles. The lowest BCUT2D eigenvalue weighted by Crippen LogP contribution is -2.08. The van der Waals surface area contributed by atoms with Crippen molar-refractivity contribution in [3.63, 3.8) is 0 Å². The molecule has 0 atom stereocenters. The van der Waals surface area contributed by atoms with Crippen LogP contribution in [0.15, 0.2) is 31.9 Å². The van der Waals surface area contributed by atoms with Crippen molar-refractivity contribution < 1.29 is 13.9 Å².